The number of rotatable bonds is 4. The van der Waals surface area contributed by atoms with Crippen LogP contribution in [0, 0.1) is 0 Å². The number of nitrogens with two attached hydrogens (primary N) is 1. The van der Waals surface area contributed by atoms with Crippen molar-refractivity contribution < 1.29 is 0 Å². The topological polar surface area (TPSA) is 63.8 Å². The van der Waals surface area contributed by atoms with Crippen LogP contribution in [0.1, 0.15) is 45.9 Å². The Balaban J connectivity index is 3.06. The summed E-state index contributed by atoms with van der Waals surface area (Å²) in [6.07, 6.45) is 0.998. The highest BCUT2D eigenvalue weighted by atomic mass is 35.5. The molecule has 0 aromatic carbocycles. The molecular weight excluding hydrogens is 224 g/mol. The molecule has 1 atom stereocenters. The predicted octanol–water partition coefficient (Wildman–Crippen LogP) is 3.05. The summed E-state index contributed by atoms with van der Waals surface area (Å²) in [5.41, 5.74) is 6.26. The number of halogens is 1. The van der Waals surface area contributed by atoms with E-state index in [1.54, 1.807) is 0 Å². The van der Waals surface area contributed by atoms with Crippen molar-refractivity contribution in [2.75, 3.05) is 11.1 Å². The van der Waals surface area contributed by atoms with E-state index < -0.39 is 0 Å². The molecule has 0 aliphatic rings. The molecule has 1 unspecified atom stereocenters. The average molecular weight is 243 g/mol. The number of anilines is 2. The van der Waals surface area contributed by atoms with Crippen LogP contribution in [0.5, 0.6) is 0 Å². The summed E-state index contributed by atoms with van der Waals surface area (Å²) in [5.74, 6) is 1.58. The molecule has 0 spiro atoms. The molecule has 0 saturated heterocycles. The van der Waals surface area contributed by atoms with Gasteiger partial charge in [0.05, 0.1) is 0 Å². The summed E-state index contributed by atoms with van der Waals surface area (Å²) < 4.78 is 0. The molecule has 3 N–H and O–H groups in total. The largest absolute Gasteiger partial charge is 0.393 e. The van der Waals surface area contributed by atoms with E-state index >= 15 is 0 Å². The molecule has 0 aliphatic carbocycles. The monoisotopic (exact) mass is 242 g/mol. The van der Waals surface area contributed by atoms with Crippen LogP contribution in [0.4, 0.5) is 11.5 Å². The first-order valence-corrected chi connectivity index (χ1v) is 5.92. The van der Waals surface area contributed by atoms with E-state index in [-0.39, 0.29) is 5.92 Å². The Kier molecular flexibility index (Phi) is 4.35. The lowest BCUT2D eigenvalue weighted by Gasteiger charge is -2.16. The summed E-state index contributed by atoms with van der Waals surface area (Å²) in [6.45, 7) is 8.22. The van der Waals surface area contributed by atoms with Crippen molar-refractivity contribution in [2.24, 2.45) is 0 Å². The van der Waals surface area contributed by atoms with Gasteiger partial charge in [0.1, 0.15) is 11.5 Å². The van der Waals surface area contributed by atoms with E-state index in [0.717, 1.165) is 6.42 Å². The number of hydrogen-bond donors (Lipinski definition) is 2. The molecule has 90 valence electrons. The second kappa shape index (κ2) is 5.34. The maximum absolute atomic E-state index is 5.97. The van der Waals surface area contributed by atoms with Crippen molar-refractivity contribution in [3.05, 3.63) is 11.0 Å². The van der Waals surface area contributed by atoms with Crippen LogP contribution in [-0.2, 0) is 0 Å². The molecule has 0 bridgehead atoms. The minimum Gasteiger partial charge on any atom is -0.393 e. The standard InChI is InChI=1S/C11H19ClN4/c1-5-7(4)14-11-8(13)9(12)15-10(16-11)6(2)3/h6-7H,5,13H2,1-4H3,(H,14,15,16). The van der Waals surface area contributed by atoms with Gasteiger partial charge in [0, 0.05) is 12.0 Å². The Bertz CT molecular complexity index is 365. The second-order valence-electron chi connectivity index (χ2n) is 4.24. The Hall–Kier alpha value is -1.03. The number of nitrogens with one attached hydrogen (secondary N) is 1. The van der Waals surface area contributed by atoms with Gasteiger partial charge in [-0.3, -0.25) is 0 Å². The highest BCUT2D eigenvalue weighted by Crippen LogP contribution is 2.26. The van der Waals surface area contributed by atoms with Crippen LogP contribution in [0.2, 0.25) is 5.15 Å². The number of hydrogen-bond acceptors (Lipinski definition) is 4. The van der Waals surface area contributed by atoms with Crippen LogP contribution < -0.4 is 11.1 Å². The van der Waals surface area contributed by atoms with Crippen LogP contribution in [0.25, 0.3) is 0 Å². The summed E-state index contributed by atoms with van der Waals surface area (Å²) in [7, 11) is 0. The van der Waals surface area contributed by atoms with E-state index in [4.69, 9.17) is 17.3 Å². The van der Waals surface area contributed by atoms with Crippen LogP contribution in [0.15, 0.2) is 0 Å². The molecule has 1 rings (SSSR count). The van der Waals surface area contributed by atoms with Crippen molar-refractivity contribution in [1.82, 2.24) is 9.97 Å². The molecule has 0 aliphatic heterocycles. The van der Waals surface area contributed by atoms with Crippen molar-refractivity contribution in [3.63, 3.8) is 0 Å². The van der Waals surface area contributed by atoms with Crippen molar-refractivity contribution in [2.45, 2.75) is 46.1 Å². The first-order chi connectivity index (χ1) is 7.45. The lowest BCUT2D eigenvalue weighted by Crippen LogP contribution is -2.17. The molecule has 4 nitrogen and oxygen atoms in total. The number of nitrogens with zero attached hydrogens (tertiary/aromatic N) is 2. The molecule has 5 heteroatoms. The minimum absolute atomic E-state index is 0.232. The number of aromatic nitrogens is 2. The van der Waals surface area contributed by atoms with Gasteiger partial charge in [0.25, 0.3) is 0 Å². The Morgan fingerprint density at radius 3 is 2.44 bits per heavy atom. The minimum atomic E-state index is 0.232. The first kappa shape index (κ1) is 13.0. The van der Waals surface area contributed by atoms with Gasteiger partial charge in [0.15, 0.2) is 11.0 Å². The number of nitrogen functional groups attached to an aromatic ring is 1. The molecule has 0 amide bonds. The third-order valence-electron chi connectivity index (χ3n) is 2.43. The fourth-order valence-electron chi connectivity index (χ4n) is 1.16. The second-order valence-corrected chi connectivity index (χ2v) is 4.60. The molecule has 1 aromatic rings. The summed E-state index contributed by atoms with van der Waals surface area (Å²) in [4.78, 5) is 8.54. The van der Waals surface area contributed by atoms with Crippen LogP contribution >= 0.6 is 11.6 Å². The quantitative estimate of drug-likeness (QED) is 0.797. The lowest BCUT2D eigenvalue weighted by molar-refractivity contribution is 0.742. The molecule has 0 fully saturated rings. The summed E-state index contributed by atoms with van der Waals surface area (Å²) >= 11 is 5.97. The zero-order chi connectivity index (χ0) is 12.3. The Labute approximate surface area is 102 Å². The SMILES string of the molecule is CCC(C)Nc1nc(C(C)C)nc(Cl)c1N. The van der Waals surface area contributed by atoms with Crippen LogP contribution in [-0.4, -0.2) is 16.0 Å². The van der Waals surface area contributed by atoms with Crippen molar-refractivity contribution in [1.29, 1.82) is 0 Å². The van der Waals surface area contributed by atoms with E-state index in [2.05, 4.69) is 29.1 Å². The normalized spacial score (nSPS) is 12.9. The Morgan fingerprint density at radius 2 is 1.94 bits per heavy atom. The van der Waals surface area contributed by atoms with Crippen molar-refractivity contribution in [3.8, 4) is 0 Å². The maximum atomic E-state index is 5.97. The molecule has 0 saturated carbocycles. The van der Waals surface area contributed by atoms with Gasteiger partial charge in [0.2, 0.25) is 0 Å². The van der Waals surface area contributed by atoms with Gasteiger partial charge in [-0.1, -0.05) is 32.4 Å². The zero-order valence-corrected chi connectivity index (χ0v) is 11.0. The van der Waals surface area contributed by atoms with Gasteiger partial charge in [-0.05, 0) is 13.3 Å². The maximum Gasteiger partial charge on any atom is 0.157 e. The Morgan fingerprint density at radius 1 is 1.31 bits per heavy atom. The fourth-order valence-corrected chi connectivity index (χ4v) is 1.34. The van der Waals surface area contributed by atoms with Crippen molar-refractivity contribution >= 4 is 23.1 Å². The van der Waals surface area contributed by atoms with E-state index in [1.165, 1.54) is 0 Å². The van der Waals surface area contributed by atoms with Gasteiger partial charge >= 0.3 is 0 Å². The molecule has 0 radical (unpaired) electrons. The van der Waals surface area contributed by atoms with Gasteiger partial charge in [-0.25, -0.2) is 9.97 Å². The van der Waals surface area contributed by atoms with Gasteiger partial charge in [-0.2, -0.15) is 0 Å². The average Bonchev–Trinajstić information content (AvgIpc) is 2.23. The molecular formula is C11H19ClN4. The summed E-state index contributed by atoms with van der Waals surface area (Å²) in [6, 6.07) is 0.313. The summed E-state index contributed by atoms with van der Waals surface area (Å²) in [5, 5.41) is 3.56. The van der Waals surface area contributed by atoms with E-state index in [0.29, 0.717) is 28.5 Å². The van der Waals surface area contributed by atoms with Crippen LogP contribution in [0.3, 0.4) is 0 Å². The molecule has 16 heavy (non-hydrogen) atoms. The van der Waals surface area contributed by atoms with E-state index in [1.807, 2.05) is 13.8 Å². The van der Waals surface area contributed by atoms with Gasteiger partial charge < -0.3 is 11.1 Å². The fraction of sp³-hybridized carbons (Fsp3) is 0.636. The molecule has 1 heterocycles. The lowest BCUT2D eigenvalue weighted by atomic mass is 10.2. The third kappa shape index (κ3) is 2.98. The highest BCUT2D eigenvalue weighted by molar-refractivity contribution is 6.32. The first-order valence-electron chi connectivity index (χ1n) is 5.55. The van der Waals surface area contributed by atoms with E-state index in [9.17, 15) is 0 Å². The highest BCUT2D eigenvalue weighted by Gasteiger charge is 2.13. The predicted molar refractivity (Wildman–Crippen MR) is 68.9 cm³/mol. The smallest absolute Gasteiger partial charge is 0.157 e. The molecule has 1 aromatic heterocycles. The zero-order valence-electron chi connectivity index (χ0n) is 10.2. The third-order valence-corrected chi connectivity index (χ3v) is 2.72. The van der Waals surface area contributed by atoms with Gasteiger partial charge in [-0.15, -0.1) is 0 Å².